The fraction of sp³-hybridized carbons (Fsp3) is 0.0455. The Morgan fingerprint density at radius 3 is 2.41 bits per heavy atom. The van der Waals surface area contributed by atoms with Gasteiger partial charge in [0.2, 0.25) is 0 Å². The maximum absolute atomic E-state index is 13.0. The number of benzene rings is 2. The van der Waals surface area contributed by atoms with Crippen LogP contribution in [0.15, 0.2) is 72.4 Å². The zero-order valence-electron chi connectivity index (χ0n) is 15.4. The number of aromatic nitrogens is 1. The van der Waals surface area contributed by atoms with E-state index in [2.05, 4.69) is 5.32 Å². The van der Waals surface area contributed by atoms with Gasteiger partial charge in [0.05, 0.1) is 5.69 Å². The molecule has 0 aliphatic carbocycles. The van der Waals surface area contributed by atoms with Crippen LogP contribution in [0.25, 0.3) is 11.8 Å². The minimum atomic E-state index is -0.798. The highest BCUT2D eigenvalue weighted by Crippen LogP contribution is 2.24. The number of carbonyl (C=O) groups excluding carboxylic acids is 3. The van der Waals surface area contributed by atoms with Crippen molar-refractivity contribution in [2.75, 3.05) is 4.90 Å². The molecular weight excluding hydrogens is 390 g/mol. The first-order valence-electron chi connectivity index (χ1n) is 8.85. The number of nitrogens with zero attached hydrogens (tertiary/aromatic N) is 2. The number of urea groups is 1. The minimum Gasteiger partial charge on any atom is -0.317 e. The van der Waals surface area contributed by atoms with Crippen molar-refractivity contribution >= 4 is 41.2 Å². The van der Waals surface area contributed by atoms with Gasteiger partial charge in [0.15, 0.2) is 0 Å². The van der Waals surface area contributed by atoms with Crippen LogP contribution in [0.4, 0.5) is 10.5 Å². The topological polar surface area (TPSA) is 71.4 Å². The highest BCUT2D eigenvalue weighted by molar-refractivity contribution is 6.39. The lowest BCUT2D eigenvalue weighted by Crippen LogP contribution is -2.54. The first kappa shape index (κ1) is 18.7. The lowest BCUT2D eigenvalue weighted by Gasteiger charge is -2.26. The molecule has 4 rings (SSSR count). The van der Waals surface area contributed by atoms with Gasteiger partial charge >= 0.3 is 6.03 Å². The second kappa shape index (κ2) is 7.41. The zero-order valence-corrected chi connectivity index (χ0v) is 16.2. The quantitative estimate of drug-likeness (QED) is 0.526. The van der Waals surface area contributed by atoms with Crippen LogP contribution >= 0.6 is 11.6 Å². The van der Waals surface area contributed by atoms with E-state index in [4.69, 9.17) is 11.6 Å². The molecule has 7 heteroatoms. The van der Waals surface area contributed by atoms with Gasteiger partial charge in [-0.2, -0.15) is 0 Å². The van der Waals surface area contributed by atoms with E-state index in [-0.39, 0.29) is 5.57 Å². The Bertz CT molecular complexity index is 1160. The van der Waals surface area contributed by atoms with Crippen molar-refractivity contribution in [3.05, 3.63) is 88.7 Å². The van der Waals surface area contributed by atoms with Crippen molar-refractivity contribution < 1.29 is 14.4 Å². The number of rotatable bonds is 3. The lowest BCUT2D eigenvalue weighted by molar-refractivity contribution is -0.122. The highest BCUT2D eigenvalue weighted by Gasteiger charge is 2.36. The Morgan fingerprint density at radius 1 is 0.931 bits per heavy atom. The van der Waals surface area contributed by atoms with E-state index in [9.17, 15) is 14.4 Å². The normalized spacial score (nSPS) is 15.7. The maximum atomic E-state index is 13.0. The second-order valence-corrected chi connectivity index (χ2v) is 7.01. The molecule has 1 aliphatic rings. The first-order valence-corrected chi connectivity index (χ1v) is 9.23. The Labute approximate surface area is 172 Å². The van der Waals surface area contributed by atoms with E-state index in [1.54, 1.807) is 30.3 Å². The van der Waals surface area contributed by atoms with E-state index < -0.39 is 17.8 Å². The summed E-state index contributed by atoms with van der Waals surface area (Å²) in [6.45, 7) is 1.98. The molecule has 6 nitrogen and oxygen atoms in total. The molecule has 0 atom stereocenters. The molecular formula is C22H16ClN3O3. The Kier molecular flexibility index (Phi) is 4.78. The fourth-order valence-electron chi connectivity index (χ4n) is 3.15. The molecule has 2 aromatic carbocycles. The van der Waals surface area contributed by atoms with Crippen molar-refractivity contribution in [2.24, 2.45) is 0 Å². The zero-order chi connectivity index (χ0) is 20.5. The summed E-state index contributed by atoms with van der Waals surface area (Å²) in [5.74, 6) is -1.43. The molecule has 0 spiro atoms. The van der Waals surface area contributed by atoms with Gasteiger partial charge in [0, 0.05) is 22.6 Å². The van der Waals surface area contributed by atoms with E-state index in [0.29, 0.717) is 16.4 Å². The van der Waals surface area contributed by atoms with Gasteiger partial charge < -0.3 is 4.57 Å². The van der Waals surface area contributed by atoms with Crippen LogP contribution in [-0.4, -0.2) is 22.4 Å². The summed E-state index contributed by atoms with van der Waals surface area (Å²) in [5.41, 5.74) is 2.81. The van der Waals surface area contributed by atoms with E-state index in [1.165, 1.54) is 6.08 Å². The Morgan fingerprint density at radius 2 is 1.69 bits per heavy atom. The number of imide groups is 2. The van der Waals surface area contributed by atoms with Crippen LogP contribution in [0, 0.1) is 6.92 Å². The van der Waals surface area contributed by atoms with Crippen LogP contribution in [0.1, 0.15) is 11.3 Å². The van der Waals surface area contributed by atoms with Crippen molar-refractivity contribution in [1.82, 2.24) is 9.88 Å². The van der Waals surface area contributed by atoms with Crippen molar-refractivity contribution in [3.63, 3.8) is 0 Å². The lowest BCUT2D eigenvalue weighted by atomic mass is 10.1. The number of hydrogen-bond acceptors (Lipinski definition) is 3. The van der Waals surface area contributed by atoms with E-state index in [1.807, 2.05) is 48.0 Å². The van der Waals surface area contributed by atoms with Crippen molar-refractivity contribution in [3.8, 4) is 5.69 Å². The van der Waals surface area contributed by atoms with Gasteiger partial charge in [-0.3, -0.25) is 14.9 Å². The number of amides is 4. The van der Waals surface area contributed by atoms with Crippen LogP contribution in [0.3, 0.4) is 0 Å². The number of halogens is 1. The molecule has 1 saturated heterocycles. The summed E-state index contributed by atoms with van der Waals surface area (Å²) in [6, 6.07) is 16.9. The van der Waals surface area contributed by atoms with Crippen LogP contribution in [0.5, 0.6) is 0 Å². The third-order valence-electron chi connectivity index (χ3n) is 4.54. The molecule has 2 heterocycles. The van der Waals surface area contributed by atoms with Crippen LogP contribution < -0.4 is 10.2 Å². The fourth-order valence-corrected chi connectivity index (χ4v) is 3.28. The number of carbonyl (C=O) groups is 3. The number of nitrogens with one attached hydrogen (secondary N) is 1. The molecule has 4 amide bonds. The molecule has 3 aromatic rings. The summed E-state index contributed by atoms with van der Waals surface area (Å²) < 4.78 is 1.86. The summed E-state index contributed by atoms with van der Waals surface area (Å²) in [7, 11) is 0. The molecule has 0 radical (unpaired) electrons. The number of hydrogen-bond donors (Lipinski definition) is 1. The molecule has 0 bridgehead atoms. The maximum Gasteiger partial charge on any atom is 0.335 e. The Balaban J connectivity index is 1.75. The third kappa shape index (κ3) is 3.58. The largest absolute Gasteiger partial charge is 0.335 e. The highest BCUT2D eigenvalue weighted by atomic mass is 35.5. The van der Waals surface area contributed by atoms with Crippen molar-refractivity contribution in [1.29, 1.82) is 0 Å². The van der Waals surface area contributed by atoms with E-state index >= 15 is 0 Å². The van der Waals surface area contributed by atoms with Crippen LogP contribution in [-0.2, 0) is 9.59 Å². The first-order chi connectivity index (χ1) is 13.9. The van der Waals surface area contributed by atoms with Gasteiger partial charge in [-0.25, -0.2) is 9.69 Å². The molecule has 0 unspecified atom stereocenters. The number of barbiturate groups is 1. The average Bonchev–Trinajstić information content (AvgIpc) is 3.15. The van der Waals surface area contributed by atoms with Gasteiger partial charge in [-0.15, -0.1) is 0 Å². The molecule has 1 aliphatic heterocycles. The SMILES string of the molecule is Cc1cccc(-n2cccc2/C=C2\C(=O)NC(=O)N(c3ccc(Cl)cc3)C2=O)c1. The second-order valence-electron chi connectivity index (χ2n) is 6.58. The van der Waals surface area contributed by atoms with Gasteiger partial charge in [-0.05, 0) is 67.1 Å². The average molecular weight is 406 g/mol. The predicted octanol–water partition coefficient (Wildman–Crippen LogP) is 4.11. The number of aryl methyl sites for hydroxylation is 1. The third-order valence-corrected chi connectivity index (χ3v) is 4.79. The standard InChI is InChI=1S/C22H16ClN3O3/c1-14-4-2-5-17(12-14)25-11-3-6-18(25)13-19-20(27)24-22(29)26(21(19)28)16-9-7-15(23)8-10-16/h2-13H,1H3,(H,24,27,29)/b19-13+. The molecule has 1 N–H and O–H groups in total. The van der Waals surface area contributed by atoms with Crippen LogP contribution in [0.2, 0.25) is 5.02 Å². The van der Waals surface area contributed by atoms with Gasteiger partial charge in [-0.1, -0.05) is 23.7 Å². The minimum absolute atomic E-state index is 0.132. The summed E-state index contributed by atoms with van der Waals surface area (Å²) in [5, 5.41) is 2.69. The monoisotopic (exact) mass is 405 g/mol. The number of anilines is 1. The molecule has 1 aromatic heterocycles. The summed E-state index contributed by atoms with van der Waals surface area (Å²) >= 11 is 5.88. The predicted molar refractivity (Wildman–Crippen MR) is 111 cm³/mol. The van der Waals surface area contributed by atoms with E-state index in [0.717, 1.165) is 16.2 Å². The molecule has 29 heavy (non-hydrogen) atoms. The van der Waals surface area contributed by atoms with Gasteiger partial charge in [0.25, 0.3) is 11.8 Å². The Hall–Kier alpha value is -3.64. The van der Waals surface area contributed by atoms with Gasteiger partial charge in [0.1, 0.15) is 5.57 Å². The molecule has 0 saturated carbocycles. The molecule has 1 fully saturated rings. The summed E-state index contributed by atoms with van der Waals surface area (Å²) in [4.78, 5) is 38.6. The summed E-state index contributed by atoms with van der Waals surface area (Å²) in [6.07, 6.45) is 3.32. The smallest absolute Gasteiger partial charge is 0.317 e. The van der Waals surface area contributed by atoms with Crippen molar-refractivity contribution in [2.45, 2.75) is 6.92 Å². The molecule has 144 valence electrons.